The number of nitrogens with one attached hydrogen (secondary N) is 1. The number of phenols is 1. The van der Waals surface area contributed by atoms with Crippen LogP contribution in [0.1, 0.15) is 17.3 Å². The van der Waals surface area contributed by atoms with Gasteiger partial charge in [-0.25, -0.2) is 0 Å². The lowest BCUT2D eigenvalue weighted by Gasteiger charge is -2.24. The molecule has 0 radical (unpaired) electrons. The third-order valence-electron chi connectivity index (χ3n) is 4.74. The first-order chi connectivity index (χ1) is 12.1. The zero-order valence-electron chi connectivity index (χ0n) is 14.4. The number of nitrogens with zero attached hydrogens (tertiary/aromatic N) is 2. The van der Waals surface area contributed by atoms with Crippen molar-refractivity contribution in [2.45, 2.75) is 12.5 Å². The molecule has 2 aromatic carbocycles. The second-order valence-corrected chi connectivity index (χ2v) is 6.64. The fourth-order valence-electron chi connectivity index (χ4n) is 3.45. The number of pyridine rings is 1. The Kier molecular flexibility index (Phi) is 3.90. The smallest absolute Gasteiger partial charge is 0.116 e. The van der Waals surface area contributed by atoms with Crippen molar-refractivity contribution < 1.29 is 5.11 Å². The van der Waals surface area contributed by atoms with Crippen LogP contribution in [-0.4, -0.2) is 34.1 Å². The van der Waals surface area contributed by atoms with Gasteiger partial charge in [0.2, 0.25) is 0 Å². The highest BCUT2D eigenvalue weighted by molar-refractivity contribution is 6.08. The predicted molar refractivity (Wildman–Crippen MR) is 102 cm³/mol. The van der Waals surface area contributed by atoms with E-state index in [1.54, 1.807) is 12.1 Å². The van der Waals surface area contributed by atoms with Gasteiger partial charge in [-0.1, -0.05) is 30.3 Å². The summed E-state index contributed by atoms with van der Waals surface area (Å²) in [5.41, 5.74) is 4.37. The zero-order valence-corrected chi connectivity index (χ0v) is 14.4. The maximum atomic E-state index is 9.83. The van der Waals surface area contributed by atoms with Gasteiger partial charge < -0.3 is 15.0 Å². The van der Waals surface area contributed by atoms with Crippen LogP contribution in [0.2, 0.25) is 0 Å². The van der Waals surface area contributed by atoms with Gasteiger partial charge >= 0.3 is 0 Å². The average Bonchev–Trinajstić information content (AvgIpc) is 2.98. The highest BCUT2D eigenvalue weighted by atomic mass is 16.3. The summed E-state index contributed by atoms with van der Waals surface area (Å²) in [6.45, 7) is 0. The van der Waals surface area contributed by atoms with Gasteiger partial charge in [-0.2, -0.15) is 0 Å². The van der Waals surface area contributed by atoms with Gasteiger partial charge in [0.1, 0.15) is 5.75 Å². The third kappa shape index (κ3) is 2.85. The fourth-order valence-corrected chi connectivity index (χ4v) is 3.45. The van der Waals surface area contributed by atoms with Crippen LogP contribution in [0.5, 0.6) is 5.75 Å². The Labute approximate surface area is 146 Å². The second-order valence-electron chi connectivity index (χ2n) is 6.64. The maximum absolute atomic E-state index is 9.83. The number of H-pyrrole nitrogens is 1. The standard InChI is InChI=1S/C21H21N3O/c1-24(2)19(12-14-6-4-3-5-7-14)21-20-16(10-11-22-21)17-13-15(25)8-9-18(17)23-20/h3-11,13,19,23,25H,12H2,1-2H3/t19-/m1/s1. The van der Waals surface area contributed by atoms with Crippen molar-refractivity contribution >= 4 is 21.8 Å². The number of fused-ring (bicyclic) bond motifs is 3. The molecule has 25 heavy (non-hydrogen) atoms. The zero-order chi connectivity index (χ0) is 17.4. The Balaban J connectivity index is 1.87. The molecule has 4 nitrogen and oxygen atoms in total. The van der Waals surface area contributed by atoms with E-state index in [1.807, 2.05) is 24.4 Å². The van der Waals surface area contributed by atoms with E-state index < -0.39 is 0 Å². The molecule has 126 valence electrons. The van der Waals surface area contributed by atoms with Crippen LogP contribution in [0, 0.1) is 0 Å². The minimum absolute atomic E-state index is 0.160. The van der Waals surface area contributed by atoms with E-state index in [1.165, 1.54) is 5.56 Å². The van der Waals surface area contributed by atoms with E-state index in [0.717, 1.165) is 33.9 Å². The molecular weight excluding hydrogens is 310 g/mol. The van der Waals surface area contributed by atoms with Crippen LogP contribution in [0.15, 0.2) is 60.8 Å². The quantitative estimate of drug-likeness (QED) is 0.587. The van der Waals surface area contributed by atoms with Crippen LogP contribution < -0.4 is 0 Å². The van der Waals surface area contributed by atoms with Crippen molar-refractivity contribution in [2.75, 3.05) is 14.1 Å². The first-order valence-corrected chi connectivity index (χ1v) is 8.43. The Bertz CT molecular complexity index is 1020. The molecule has 2 N–H and O–H groups in total. The van der Waals surface area contributed by atoms with Crippen molar-refractivity contribution in [1.82, 2.24) is 14.9 Å². The van der Waals surface area contributed by atoms with E-state index in [0.29, 0.717) is 0 Å². The molecule has 1 atom stereocenters. The van der Waals surface area contributed by atoms with Crippen molar-refractivity contribution in [2.24, 2.45) is 0 Å². The van der Waals surface area contributed by atoms with Crippen LogP contribution in [-0.2, 0) is 6.42 Å². The Morgan fingerprint density at radius 2 is 1.84 bits per heavy atom. The first kappa shape index (κ1) is 15.7. The summed E-state index contributed by atoms with van der Waals surface area (Å²) in [6, 6.07) is 18.1. The molecule has 4 heteroatoms. The molecule has 0 amide bonds. The molecule has 0 aliphatic rings. The lowest BCUT2D eigenvalue weighted by atomic mass is 10.0. The Hall–Kier alpha value is -2.85. The number of aromatic amines is 1. The number of likely N-dealkylation sites (N-methyl/N-ethyl adjacent to an activating group) is 1. The summed E-state index contributed by atoms with van der Waals surface area (Å²) in [5, 5.41) is 11.9. The lowest BCUT2D eigenvalue weighted by molar-refractivity contribution is 0.293. The first-order valence-electron chi connectivity index (χ1n) is 8.43. The number of benzene rings is 2. The Morgan fingerprint density at radius 3 is 2.60 bits per heavy atom. The van der Waals surface area contributed by atoms with Gasteiger partial charge in [0.05, 0.1) is 17.3 Å². The number of aromatic hydroxyl groups is 1. The van der Waals surface area contributed by atoms with E-state index in [9.17, 15) is 5.11 Å². The SMILES string of the molecule is CN(C)[C@H](Cc1ccccc1)c1nccc2c1[nH]c1ccc(O)cc12. The van der Waals surface area contributed by atoms with Gasteiger partial charge in [-0.05, 0) is 50.3 Å². The van der Waals surface area contributed by atoms with Gasteiger partial charge in [-0.15, -0.1) is 0 Å². The number of aromatic nitrogens is 2. The third-order valence-corrected chi connectivity index (χ3v) is 4.74. The molecule has 0 saturated carbocycles. The van der Waals surface area contributed by atoms with E-state index in [-0.39, 0.29) is 11.8 Å². The number of hydrogen-bond acceptors (Lipinski definition) is 3. The van der Waals surface area contributed by atoms with Crippen LogP contribution in [0.3, 0.4) is 0 Å². The highest BCUT2D eigenvalue weighted by Gasteiger charge is 2.21. The molecule has 4 aromatic rings. The minimum atomic E-state index is 0.160. The van der Waals surface area contributed by atoms with E-state index in [2.05, 4.69) is 48.2 Å². The summed E-state index contributed by atoms with van der Waals surface area (Å²) in [7, 11) is 4.17. The lowest BCUT2D eigenvalue weighted by Crippen LogP contribution is -2.23. The topological polar surface area (TPSA) is 52.2 Å². The van der Waals surface area contributed by atoms with Crippen LogP contribution in [0.25, 0.3) is 21.8 Å². The summed E-state index contributed by atoms with van der Waals surface area (Å²) in [6.07, 6.45) is 2.75. The largest absolute Gasteiger partial charge is 0.508 e. The number of phenolic OH excluding ortho intramolecular Hbond substituents is 1. The van der Waals surface area contributed by atoms with E-state index in [4.69, 9.17) is 4.98 Å². The van der Waals surface area contributed by atoms with Crippen molar-refractivity contribution in [3.05, 3.63) is 72.1 Å². The molecule has 2 aromatic heterocycles. The molecule has 2 heterocycles. The Morgan fingerprint density at radius 1 is 1.04 bits per heavy atom. The summed E-state index contributed by atoms with van der Waals surface area (Å²) in [4.78, 5) is 10.4. The molecule has 0 unspecified atom stereocenters. The van der Waals surface area contributed by atoms with Crippen molar-refractivity contribution in [1.29, 1.82) is 0 Å². The molecule has 0 aliphatic heterocycles. The van der Waals surface area contributed by atoms with Gasteiger partial charge in [-0.3, -0.25) is 4.98 Å². The molecule has 4 rings (SSSR count). The summed E-state index contributed by atoms with van der Waals surface area (Å²) >= 11 is 0. The normalized spacial score (nSPS) is 12.9. The van der Waals surface area contributed by atoms with Crippen molar-refractivity contribution in [3.63, 3.8) is 0 Å². The molecule has 0 spiro atoms. The van der Waals surface area contributed by atoms with Gasteiger partial charge in [0.15, 0.2) is 0 Å². The number of rotatable bonds is 4. The molecular formula is C21H21N3O. The fraction of sp³-hybridized carbons (Fsp3) is 0.190. The average molecular weight is 331 g/mol. The van der Waals surface area contributed by atoms with Gasteiger partial charge in [0, 0.05) is 22.5 Å². The monoisotopic (exact) mass is 331 g/mol. The summed E-state index contributed by atoms with van der Waals surface area (Å²) in [5.74, 6) is 0.278. The highest BCUT2D eigenvalue weighted by Crippen LogP contribution is 2.33. The predicted octanol–water partition coefficient (Wildman–Crippen LogP) is 4.27. The van der Waals surface area contributed by atoms with Crippen LogP contribution >= 0.6 is 0 Å². The second kappa shape index (κ2) is 6.22. The van der Waals surface area contributed by atoms with Gasteiger partial charge in [0.25, 0.3) is 0 Å². The number of hydrogen-bond donors (Lipinski definition) is 2. The van der Waals surface area contributed by atoms with Crippen LogP contribution in [0.4, 0.5) is 0 Å². The molecule has 0 aliphatic carbocycles. The maximum Gasteiger partial charge on any atom is 0.116 e. The van der Waals surface area contributed by atoms with Crippen molar-refractivity contribution in [3.8, 4) is 5.75 Å². The molecule has 0 bridgehead atoms. The minimum Gasteiger partial charge on any atom is -0.508 e. The van der Waals surface area contributed by atoms with E-state index >= 15 is 0 Å². The summed E-state index contributed by atoms with van der Waals surface area (Å²) < 4.78 is 0. The molecule has 0 saturated heterocycles. The molecule has 0 fully saturated rings.